The maximum Gasteiger partial charge on any atom is 0.253 e. The Hall–Kier alpha value is -3.18. The third-order valence-corrected chi connectivity index (χ3v) is 5.88. The molecular weight excluding hydrogens is 410 g/mol. The van der Waals surface area contributed by atoms with Crippen LogP contribution in [-0.4, -0.2) is 34.8 Å². The van der Waals surface area contributed by atoms with Crippen LogP contribution in [0.4, 0.5) is 0 Å². The summed E-state index contributed by atoms with van der Waals surface area (Å²) in [5, 5.41) is 3.80. The van der Waals surface area contributed by atoms with Gasteiger partial charge in [-0.05, 0) is 60.4 Å². The number of halogens is 1. The topological polar surface area (TPSA) is 62.3 Å². The number of nitrogens with zero attached hydrogens (tertiary/aromatic N) is 2. The number of likely N-dealkylation sites (tertiary alicyclic amines) is 1. The summed E-state index contributed by atoms with van der Waals surface area (Å²) in [7, 11) is 0. The molecule has 0 saturated carbocycles. The highest BCUT2D eigenvalue weighted by atomic mass is 35.5. The van der Waals surface area contributed by atoms with E-state index in [1.54, 1.807) is 41.6 Å². The maximum absolute atomic E-state index is 13.2. The molecule has 0 spiro atoms. The first-order valence-corrected chi connectivity index (χ1v) is 10.8. The molecular formula is C25H24ClN3O2. The summed E-state index contributed by atoms with van der Waals surface area (Å²) in [5.41, 5.74) is 2.57. The number of nitrogens with one attached hydrogen (secondary N) is 1. The number of hydrogen-bond acceptors (Lipinski definition) is 3. The molecule has 1 aliphatic heterocycles. The van der Waals surface area contributed by atoms with Crippen LogP contribution in [0.1, 0.15) is 40.4 Å². The highest BCUT2D eigenvalue weighted by Gasteiger charge is 2.30. The summed E-state index contributed by atoms with van der Waals surface area (Å²) >= 11 is 5.93. The molecule has 2 aromatic carbocycles. The minimum absolute atomic E-state index is 0.0423. The van der Waals surface area contributed by atoms with Crippen molar-refractivity contribution >= 4 is 23.4 Å². The SMILES string of the molecule is O=C(NC(c1ccccc1)c1ccncc1)C1CCCN(C(=O)c2ccc(Cl)cc2)C1. The van der Waals surface area contributed by atoms with Crippen molar-refractivity contribution in [2.45, 2.75) is 18.9 Å². The first-order valence-electron chi connectivity index (χ1n) is 10.4. The first kappa shape index (κ1) is 21.1. The molecule has 1 aromatic heterocycles. The van der Waals surface area contributed by atoms with Crippen LogP contribution in [0, 0.1) is 5.92 Å². The summed E-state index contributed by atoms with van der Waals surface area (Å²) in [5.74, 6) is -0.361. The van der Waals surface area contributed by atoms with Gasteiger partial charge < -0.3 is 10.2 Å². The number of benzene rings is 2. The molecule has 2 unspecified atom stereocenters. The smallest absolute Gasteiger partial charge is 0.253 e. The van der Waals surface area contributed by atoms with Gasteiger partial charge >= 0.3 is 0 Å². The number of aromatic nitrogens is 1. The lowest BCUT2D eigenvalue weighted by atomic mass is 9.94. The second-order valence-corrected chi connectivity index (χ2v) is 8.17. The zero-order valence-electron chi connectivity index (χ0n) is 17.1. The number of rotatable bonds is 5. The Labute approximate surface area is 187 Å². The van der Waals surface area contributed by atoms with Gasteiger partial charge in [-0.3, -0.25) is 14.6 Å². The standard InChI is InChI=1S/C25H24ClN3O2/c26-22-10-8-20(9-11-22)25(31)29-16-4-7-21(17-29)24(30)28-23(18-5-2-1-3-6-18)19-12-14-27-15-13-19/h1-3,5-6,8-15,21,23H,4,7,16-17H2,(H,28,30). The van der Waals surface area contributed by atoms with Crippen LogP contribution in [0.2, 0.25) is 5.02 Å². The molecule has 31 heavy (non-hydrogen) atoms. The molecule has 1 fully saturated rings. The van der Waals surface area contributed by atoms with Crippen molar-refractivity contribution in [3.63, 3.8) is 0 Å². The van der Waals surface area contributed by atoms with Gasteiger partial charge in [0.2, 0.25) is 5.91 Å². The van der Waals surface area contributed by atoms with Crippen molar-refractivity contribution in [1.82, 2.24) is 15.2 Å². The quantitative estimate of drug-likeness (QED) is 0.644. The van der Waals surface area contributed by atoms with E-state index in [1.165, 1.54) is 0 Å². The Kier molecular flexibility index (Phi) is 6.63. The molecule has 2 heterocycles. The lowest BCUT2D eigenvalue weighted by Gasteiger charge is -2.33. The number of amides is 2. The van der Waals surface area contributed by atoms with Gasteiger partial charge in [0.05, 0.1) is 12.0 Å². The fourth-order valence-corrected chi connectivity index (χ4v) is 4.10. The molecule has 2 atom stereocenters. The van der Waals surface area contributed by atoms with Crippen molar-refractivity contribution in [3.05, 3.63) is 101 Å². The van der Waals surface area contributed by atoms with E-state index >= 15 is 0 Å². The molecule has 1 saturated heterocycles. The Morgan fingerprint density at radius 1 is 0.968 bits per heavy atom. The molecule has 2 amide bonds. The fourth-order valence-electron chi connectivity index (χ4n) is 3.97. The average molecular weight is 434 g/mol. The molecule has 158 valence electrons. The number of hydrogen-bond donors (Lipinski definition) is 1. The van der Waals surface area contributed by atoms with E-state index in [2.05, 4.69) is 10.3 Å². The van der Waals surface area contributed by atoms with E-state index in [4.69, 9.17) is 11.6 Å². The van der Waals surface area contributed by atoms with Gasteiger partial charge in [-0.25, -0.2) is 0 Å². The second-order valence-electron chi connectivity index (χ2n) is 7.73. The van der Waals surface area contributed by atoms with Crippen LogP contribution < -0.4 is 5.32 Å². The summed E-state index contributed by atoms with van der Waals surface area (Å²) in [6, 6.07) is 20.3. The Bertz CT molecular complexity index is 986. The van der Waals surface area contributed by atoms with Gasteiger partial charge in [0.15, 0.2) is 0 Å². The van der Waals surface area contributed by atoms with E-state index in [1.807, 2.05) is 42.5 Å². The number of carbonyl (C=O) groups excluding carboxylic acids is 2. The highest BCUT2D eigenvalue weighted by molar-refractivity contribution is 6.30. The van der Waals surface area contributed by atoms with Crippen molar-refractivity contribution < 1.29 is 9.59 Å². The van der Waals surface area contributed by atoms with Gasteiger partial charge in [0.25, 0.3) is 5.91 Å². The molecule has 1 aliphatic rings. The van der Waals surface area contributed by atoms with Crippen LogP contribution >= 0.6 is 11.6 Å². The summed E-state index contributed by atoms with van der Waals surface area (Å²) in [4.78, 5) is 32.0. The van der Waals surface area contributed by atoms with Gasteiger partial charge in [0, 0.05) is 36.1 Å². The largest absolute Gasteiger partial charge is 0.345 e. The average Bonchev–Trinajstić information content (AvgIpc) is 2.83. The van der Waals surface area contributed by atoms with Gasteiger partial charge in [-0.15, -0.1) is 0 Å². The molecule has 0 radical (unpaired) electrons. The number of piperidine rings is 1. The molecule has 5 nitrogen and oxygen atoms in total. The molecule has 0 aliphatic carbocycles. The number of pyridine rings is 1. The fraction of sp³-hybridized carbons (Fsp3) is 0.240. The normalized spacial score (nSPS) is 17.1. The lowest BCUT2D eigenvalue weighted by Crippen LogP contribution is -2.46. The maximum atomic E-state index is 13.2. The van der Waals surface area contributed by atoms with Gasteiger partial charge in [-0.2, -0.15) is 0 Å². The lowest BCUT2D eigenvalue weighted by molar-refractivity contribution is -0.126. The van der Waals surface area contributed by atoms with E-state index in [0.29, 0.717) is 23.7 Å². The van der Waals surface area contributed by atoms with E-state index < -0.39 is 0 Å². The van der Waals surface area contributed by atoms with Gasteiger partial charge in [0.1, 0.15) is 0 Å². The predicted octanol–water partition coefficient (Wildman–Crippen LogP) is 4.49. The summed E-state index contributed by atoms with van der Waals surface area (Å²) in [6.45, 7) is 1.06. The van der Waals surface area contributed by atoms with E-state index in [0.717, 1.165) is 24.0 Å². The van der Waals surface area contributed by atoms with E-state index in [-0.39, 0.29) is 23.8 Å². The van der Waals surface area contributed by atoms with Crippen molar-refractivity contribution in [1.29, 1.82) is 0 Å². The zero-order valence-corrected chi connectivity index (χ0v) is 17.8. The third kappa shape index (κ3) is 5.12. The monoisotopic (exact) mass is 433 g/mol. The Balaban J connectivity index is 1.48. The minimum atomic E-state index is -0.265. The molecule has 6 heteroatoms. The Morgan fingerprint density at radius 3 is 2.35 bits per heavy atom. The minimum Gasteiger partial charge on any atom is -0.345 e. The van der Waals surface area contributed by atoms with E-state index in [9.17, 15) is 9.59 Å². The van der Waals surface area contributed by atoms with Crippen molar-refractivity contribution in [3.8, 4) is 0 Å². The van der Waals surface area contributed by atoms with Crippen molar-refractivity contribution in [2.75, 3.05) is 13.1 Å². The van der Waals surface area contributed by atoms with Crippen LogP contribution in [-0.2, 0) is 4.79 Å². The van der Waals surface area contributed by atoms with Crippen LogP contribution in [0.15, 0.2) is 79.1 Å². The number of carbonyl (C=O) groups is 2. The van der Waals surface area contributed by atoms with Crippen LogP contribution in [0.25, 0.3) is 0 Å². The Morgan fingerprint density at radius 2 is 1.65 bits per heavy atom. The summed E-state index contributed by atoms with van der Waals surface area (Å²) in [6.07, 6.45) is 5.01. The molecule has 3 aromatic rings. The molecule has 4 rings (SSSR count). The molecule has 1 N–H and O–H groups in total. The molecule has 0 bridgehead atoms. The zero-order chi connectivity index (χ0) is 21.6. The predicted molar refractivity (Wildman–Crippen MR) is 121 cm³/mol. The third-order valence-electron chi connectivity index (χ3n) is 5.63. The summed E-state index contributed by atoms with van der Waals surface area (Å²) < 4.78 is 0. The van der Waals surface area contributed by atoms with Gasteiger partial charge in [-0.1, -0.05) is 41.9 Å². The highest BCUT2D eigenvalue weighted by Crippen LogP contribution is 2.25. The van der Waals surface area contributed by atoms with Crippen LogP contribution in [0.3, 0.4) is 0 Å². The van der Waals surface area contributed by atoms with Crippen LogP contribution in [0.5, 0.6) is 0 Å². The first-order chi connectivity index (χ1) is 15.1. The second kappa shape index (κ2) is 9.75. The van der Waals surface area contributed by atoms with Crippen molar-refractivity contribution in [2.24, 2.45) is 5.92 Å².